The fourth-order valence-electron chi connectivity index (χ4n) is 3.67. The molecule has 3 aromatic rings. The second-order valence-corrected chi connectivity index (χ2v) is 7.78. The summed E-state index contributed by atoms with van der Waals surface area (Å²) in [5.41, 5.74) is 3.95. The lowest BCUT2D eigenvalue weighted by Crippen LogP contribution is -2.32. The first kappa shape index (κ1) is 21.8. The first-order valence-electron chi connectivity index (χ1n) is 10.9. The fraction of sp³-hybridized carbons (Fsp3) is 0.346. The molecule has 0 radical (unpaired) electrons. The number of hydrogen-bond donors (Lipinski definition) is 0. The lowest BCUT2D eigenvalue weighted by atomic mass is 10.1. The van der Waals surface area contributed by atoms with Crippen LogP contribution in [0.25, 0.3) is 0 Å². The van der Waals surface area contributed by atoms with E-state index in [-0.39, 0.29) is 11.7 Å². The molecule has 0 fully saturated rings. The molecule has 0 spiro atoms. The van der Waals surface area contributed by atoms with Gasteiger partial charge in [0.15, 0.2) is 0 Å². The van der Waals surface area contributed by atoms with Gasteiger partial charge in [-0.15, -0.1) is 0 Å². The average Bonchev–Trinajstić information content (AvgIpc) is 3.18. The summed E-state index contributed by atoms with van der Waals surface area (Å²) in [6, 6.07) is 18.7. The lowest BCUT2D eigenvalue weighted by Gasteiger charge is -2.23. The van der Waals surface area contributed by atoms with Crippen molar-refractivity contribution in [3.05, 3.63) is 95.1 Å². The highest BCUT2D eigenvalue weighted by Gasteiger charge is 2.17. The molecule has 0 bridgehead atoms. The Bertz CT molecular complexity index is 946. The molecule has 0 aliphatic carbocycles. The topological polar surface area (TPSA) is 25.2 Å². The van der Waals surface area contributed by atoms with Crippen molar-refractivity contribution in [1.82, 2.24) is 9.47 Å². The van der Waals surface area contributed by atoms with E-state index in [9.17, 15) is 9.18 Å². The third kappa shape index (κ3) is 5.82. The molecule has 0 saturated heterocycles. The minimum atomic E-state index is -0.230. The van der Waals surface area contributed by atoms with Gasteiger partial charge in [-0.1, -0.05) is 44.5 Å². The molecule has 0 atom stereocenters. The Kier molecular flexibility index (Phi) is 7.83. The first-order chi connectivity index (χ1) is 14.6. The zero-order valence-electron chi connectivity index (χ0n) is 18.0. The lowest BCUT2D eigenvalue weighted by molar-refractivity contribution is 0.0739. The summed E-state index contributed by atoms with van der Waals surface area (Å²) in [6.45, 7) is 6.08. The summed E-state index contributed by atoms with van der Waals surface area (Å²) < 4.78 is 15.6. The normalized spacial score (nSPS) is 10.9. The molecule has 0 saturated carbocycles. The SMILES string of the molecule is CCCCc1ccc(C(=O)N(CCC)Cc2cccn2Cc2cccc(F)c2)cc1. The van der Waals surface area contributed by atoms with E-state index in [2.05, 4.69) is 30.5 Å². The van der Waals surface area contributed by atoms with Gasteiger partial charge >= 0.3 is 0 Å². The maximum atomic E-state index is 13.5. The van der Waals surface area contributed by atoms with Gasteiger partial charge in [-0.25, -0.2) is 4.39 Å². The van der Waals surface area contributed by atoms with Crippen LogP contribution in [-0.4, -0.2) is 21.9 Å². The monoisotopic (exact) mass is 406 g/mol. The Balaban J connectivity index is 1.73. The second kappa shape index (κ2) is 10.8. The number of carbonyl (C=O) groups excluding carboxylic acids is 1. The molecule has 0 aliphatic heterocycles. The predicted octanol–water partition coefficient (Wildman–Crippen LogP) is 6.07. The van der Waals surface area contributed by atoms with Crippen molar-refractivity contribution in [2.24, 2.45) is 0 Å². The third-order valence-electron chi connectivity index (χ3n) is 5.32. The third-order valence-corrected chi connectivity index (χ3v) is 5.32. The van der Waals surface area contributed by atoms with Crippen molar-refractivity contribution in [2.45, 2.75) is 52.6 Å². The molecule has 1 aromatic heterocycles. The maximum Gasteiger partial charge on any atom is 0.254 e. The maximum absolute atomic E-state index is 13.5. The largest absolute Gasteiger partial charge is 0.345 e. The molecule has 0 unspecified atom stereocenters. The molecule has 1 amide bonds. The number of nitrogens with zero attached hydrogens (tertiary/aromatic N) is 2. The van der Waals surface area contributed by atoms with E-state index in [1.807, 2.05) is 41.4 Å². The van der Waals surface area contributed by atoms with Crippen LogP contribution in [0.4, 0.5) is 4.39 Å². The van der Waals surface area contributed by atoms with E-state index in [1.54, 1.807) is 12.1 Å². The van der Waals surface area contributed by atoms with E-state index in [1.165, 1.54) is 18.1 Å². The molecule has 3 rings (SSSR count). The Morgan fingerprint density at radius 3 is 2.47 bits per heavy atom. The van der Waals surface area contributed by atoms with Crippen LogP contribution in [0.3, 0.4) is 0 Å². The summed E-state index contributed by atoms with van der Waals surface area (Å²) in [7, 11) is 0. The van der Waals surface area contributed by atoms with Crippen LogP contribution >= 0.6 is 0 Å². The zero-order chi connectivity index (χ0) is 21.3. The van der Waals surface area contributed by atoms with E-state index in [0.717, 1.165) is 36.1 Å². The van der Waals surface area contributed by atoms with E-state index in [4.69, 9.17) is 0 Å². The molecule has 0 aliphatic rings. The van der Waals surface area contributed by atoms with Gasteiger partial charge in [0.1, 0.15) is 5.82 Å². The van der Waals surface area contributed by atoms with Crippen molar-refractivity contribution in [3.8, 4) is 0 Å². The molecule has 4 heteroatoms. The van der Waals surface area contributed by atoms with Gasteiger partial charge in [0, 0.05) is 30.5 Å². The van der Waals surface area contributed by atoms with Gasteiger partial charge in [0.2, 0.25) is 0 Å². The molecule has 2 aromatic carbocycles. The number of rotatable bonds is 10. The number of benzene rings is 2. The molecule has 158 valence electrons. The van der Waals surface area contributed by atoms with Crippen LogP contribution in [0.15, 0.2) is 66.9 Å². The summed E-state index contributed by atoms with van der Waals surface area (Å²) in [4.78, 5) is 15.1. The van der Waals surface area contributed by atoms with Crippen molar-refractivity contribution in [3.63, 3.8) is 0 Å². The van der Waals surface area contributed by atoms with Crippen LogP contribution in [0.2, 0.25) is 0 Å². The molecule has 0 N–H and O–H groups in total. The van der Waals surface area contributed by atoms with Crippen molar-refractivity contribution >= 4 is 5.91 Å². The molecule has 3 nitrogen and oxygen atoms in total. The second-order valence-electron chi connectivity index (χ2n) is 7.78. The molecule has 30 heavy (non-hydrogen) atoms. The highest BCUT2D eigenvalue weighted by atomic mass is 19.1. The highest BCUT2D eigenvalue weighted by Crippen LogP contribution is 2.15. The Morgan fingerprint density at radius 1 is 0.967 bits per heavy atom. The van der Waals surface area contributed by atoms with Gasteiger partial charge in [0.25, 0.3) is 5.91 Å². The van der Waals surface area contributed by atoms with Gasteiger partial charge in [-0.05, 0) is 66.8 Å². The first-order valence-corrected chi connectivity index (χ1v) is 10.9. The standard InChI is InChI=1S/C26H31FN2O/c1-3-5-8-21-12-14-23(15-13-21)26(30)29(16-4-2)20-25-11-7-17-28(25)19-22-9-6-10-24(27)18-22/h6-7,9-15,17-18H,3-5,8,16,19-20H2,1-2H3. The van der Waals surface area contributed by atoms with Crippen LogP contribution in [0.1, 0.15) is 60.3 Å². The van der Waals surface area contributed by atoms with Crippen LogP contribution in [0, 0.1) is 5.82 Å². The van der Waals surface area contributed by atoms with Gasteiger partial charge < -0.3 is 9.47 Å². The quantitative estimate of drug-likeness (QED) is 0.401. The van der Waals surface area contributed by atoms with Crippen molar-refractivity contribution in [1.29, 1.82) is 0 Å². The van der Waals surface area contributed by atoms with Gasteiger partial charge in [0.05, 0.1) is 6.54 Å². The van der Waals surface area contributed by atoms with Gasteiger partial charge in [-0.2, -0.15) is 0 Å². The summed E-state index contributed by atoms with van der Waals surface area (Å²) in [5.74, 6) is -0.177. The van der Waals surface area contributed by atoms with Crippen molar-refractivity contribution in [2.75, 3.05) is 6.54 Å². The highest BCUT2D eigenvalue weighted by molar-refractivity contribution is 5.94. The number of carbonyl (C=O) groups is 1. The van der Waals surface area contributed by atoms with Gasteiger partial charge in [-0.3, -0.25) is 4.79 Å². The zero-order valence-corrected chi connectivity index (χ0v) is 18.0. The molecule has 1 heterocycles. The molecular weight excluding hydrogens is 375 g/mol. The number of aryl methyl sites for hydroxylation is 1. The predicted molar refractivity (Wildman–Crippen MR) is 120 cm³/mol. The minimum Gasteiger partial charge on any atom is -0.345 e. The summed E-state index contributed by atoms with van der Waals surface area (Å²) in [5, 5.41) is 0. The fourth-order valence-corrected chi connectivity index (χ4v) is 3.67. The Hall–Kier alpha value is -2.88. The van der Waals surface area contributed by atoms with E-state index in [0.29, 0.717) is 19.6 Å². The van der Waals surface area contributed by atoms with E-state index < -0.39 is 0 Å². The number of amides is 1. The summed E-state index contributed by atoms with van der Waals surface area (Å²) >= 11 is 0. The Labute approximate surface area is 179 Å². The van der Waals surface area contributed by atoms with Crippen LogP contribution < -0.4 is 0 Å². The Morgan fingerprint density at radius 2 is 1.77 bits per heavy atom. The summed E-state index contributed by atoms with van der Waals surface area (Å²) in [6.07, 6.45) is 6.26. The minimum absolute atomic E-state index is 0.0531. The van der Waals surface area contributed by atoms with E-state index >= 15 is 0 Å². The number of unbranched alkanes of at least 4 members (excludes halogenated alkanes) is 1. The smallest absolute Gasteiger partial charge is 0.254 e. The van der Waals surface area contributed by atoms with Crippen molar-refractivity contribution < 1.29 is 9.18 Å². The average molecular weight is 407 g/mol. The van der Waals surface area contributed by atoms with Crippen LogP contribution in [0.5, 0.6) is 0 Å². The number of hydrogen-bond acceptors (Lipinski definition) is 1. The number of aromatic nitrogens is 1. The van der Waals surface area contributed by atoms with Crippen LogP contribution in [-0.2, 0) is 19.5 Å². The number of halogens is 1. The molecular formula is C26H31FN2O.